The van der Waals surface area contributed by atoms with Gasteiger partial charge < -0.3 is 4.90 Å². The molecule has 2 fully saturated rings. The molecule has 0 amide bonds. The minimum absolute atomic E-state index is 0.108. The van der Waals surface area contributed by atoms with E-state index >= 15 is 0 Å². The zero-order chi connectivity index (χ0) is 16.7. The van der Waals surface area contributed by atoms with Gasteiger partial charge in [-0.25, -0.2) is 23.0 Å². The number of hydrogen-bond acceptors (Lipinski definition) is 9. The van der Waals surface area contributed by atoms with E-state index in [4.69, 9.17) is 4.63 Å². The van der Waals surface area contributed by atoms with Crippen LogP contribution in [-0.2, 0) is 16.4 Å². The first-order chi connectivity index (χ1) is 11.5. The smallest absolute Gasteiger partial charge is 0.225 e. The fourth-order valence-corrected chi connectivity index (χ4v) is 5.51. The average molecular weight is 350 g/mol. The second-order valence-electron chi connectivity index (χ2n) is 6.22. The minimum atomic E-state index is -3.09. The van der Waals surface area contributed by atoms with Gasteiger partial charge in [-0.3, -0.25) is 4.90 Å². The van der Waals surface area contributed by atoms with Crippen LogP contribution in [-0.4, -0.2) is 70.3 Å². The second kappa shape index (κ2) is 5.78. The van der Waals surface area contributed by atoms with Gasteiger partial charge in [-0.2, -0.15) is 0 Å². The monoisotopic (exact) mass is 350 g/mol. The predicted molar refractivity (Wildman–Crippen MR) is 85.1 cm³/mol. The molecule has 2 saturated heterocycles. The molecule has 24 heavy (non-hydrogen) atoms. The summed E-state index contributed by atoms with van der Waals surface area (Å²) in [7, 11) is -3.09. The van der Waals surface area contributed by atoms with E-state index in [1.54, 1.807) is 18.5 Å². The van der Waals surface area contributed by atoms with Crippen LogP contribution in [0.2, 0.25) is 0 Å². The first kappa shape index (κ1) is 15.5. The van der Waals surface area contributed by atoms with Crippen LogP contribution in [0.15, 0.2) is 23.1 Å². The molecule has 2 aliphatic heterocycles. The maximum absolute atomic E-state index is 12.2. The topological polar surface area (TPSA) is 105 Å². The number of sulfone groups is 1. The van der Waals surface area contributed by atoms with E-state index in [2.05, 4.69) is 25.2 Å². The zero-order valence-electron chi connectivity index (χ0n) is 13.2. The molecule has 10 heteroatoms. The van der Waals surface area contributed by atoms with Crippen LogP contribution < -0.4 is 4.90 Å². The van der Waals surface area contributed by atoms with Crippen molar-refractivity contribution >= 4 is 15.8 Å². The van der Waals surface area contributed by atoms with Gasteiger partial charge in [0.1, 0.15) is 11.4 Å². The van der Waals surface area contributed by atoms with Gasteiger partial charge in [0, 0.05) is 38.1 Å². The third-order valence-corrected chi connectivity index (χ3v) is 6.40. The van der Waals surface area contributed by atoms with Crippen LogP contribution in [0.3, 0.4) is 0 Å². The molecule has 0 aromatic carbocycles. The summed E-state index contributed by atoms with van der Waals surface area (Å²) in [6.45, 7) is 3.75. The lowest BCUT2D eigenvalue weighted by atomic mass is 10.0. The molecule has 0 saturated carbocycles. The molecule has 2 aromatic heterocycles. The van der Waals surface area contributed by atoms with Gasteiger partial charge in [-0.15, -0.1) is 0 Å². The average Bonchev–Trinajstić information content (AvgIpc) is 3.11. The Bertz CT molecular complexity index is 824. The highest BCUT2D eigenvalue weighted by Gasteiger charge is 2.47. The van der Waals surface area contributed by atoms with Gasteiger partial charge in [0.25, 0.3) is 0 Å². The molecule has 0 aliphatic carbocycles. The molecule has 2 aromatic rings. The Hall–Kier alpha value is -2.07. The van der Waals surface area contributed by atoms with E-state index in [-0.39, 0.29) is 23.6 Å². The lowest BCUT2D eigenvalue weighted by molar-refractivity contribution is 0.154. The maximum atomic E-state index is 12.2. The molecule has 2 atom stereocenters. The van der Waals surface area contributed by atoms with Crippen molar-refractivity contribution in [1.29, 1.82) is 0 Å². The highest BCUT2D eigenvalue weighted by molar-refractivity contribution is 7.91. The fourth-order valence-electron chi connectivity index (χ4n) is 3.49. The molecule has 2 aliphatic rings. The van der Waals surface area contributed by atoms with Gasteiger partial charge in [0.05, 0.1) is 17.5 Å². The van der Waals surface area contributed by atoms with E-state index < -0.39 is 9.84 Å². The standard InChI is InChI=1S/C14H18N6O3S/c1-10-11(18-23-17-10)7-19-5-6-20(14-15-3-2-4-16-14)13-9-24(21,22)8-12(13)19/h2-4,12-13H,5-9H2,1H3/t12-,13+/m0/s1. The molecule has 9 nitrogen and oxygen atoms in total. The van der Waals surface area contributed by atoms with Crippen LogP contribution in [0.25, 0.3) is 0 Å². The summed E-state index contributed by atoms with van der Waals surface area (Å²) in [6, 6.07) is 1.50. The van der Waals surface area contributed by atoms with Crippen LogP contribution in [0.5, 0.6) is 0 Å². The van der Waals surface area contributed by atoms with E-state index in [0.29, 0.717) is 25.6 Å². The lowest BCUT2D eigenvalue weighted by Crippen LogP contribution is -2.59. The van der Waals surface area contributed by atoms with Gasteiger partial charge in [0.2, 0.25) is 5.95 Å². The zero-order valence-corrected chi connectivity index (χ0v) is 14.1. The van der Waals surface area contributed by atoms with Crippen LogP contribution >= 0.6 is 0 Å². The Labute approximate surface area is 139 Å². The Morgan fingerprint density at radius 1 is 1.17 bits per heavy atom. The number of hydrogen-bond donors (Lipinski definition) is 0. The molecule has 128 valence electrons. The summed E-state index contributed by atoms with van der Waals surface area (Å²) in [5.41, 5.74) is 1.49. The third-order valence-electron chi connectivity index (χ3n) is 4.70. The molecule has 4 heterocycles. The van der Waals surface area contributed by atoms with Crippen molar-refractivity contribution in [2.45, 2.75) is 25.6 Å². The Balaban J connectivity index is 1.62. The molecule has 0 bridgehead atoms. The number of rotatable bonds is 3. The summed E-state index contributed by atoms with van der Waals surface area (Å²) in [4.78, 5) is 12.7. The number of piperazine rings is 1. The molecular formula is C14H18N6O3S. The predicted octanol–water partition coefficient (Wildman–Crippen LogP) is -0.344. The number of fused-ring (bicyclic) bond motifs is 1. The van der Waals surface area contributed by atoms with Crippen molar-refractivity contribution in [2.75, 3.05) is 29.5 Å². The Morgan fingerprint density at radius 2 is 1.92 bits per heavy atom. The highest BCUT2D eigenvalue weighted by atomic mass is 32.2. The van der Waals surface area contributed by atoms with Crippen molar-refractivity contribution in [2.24, 2.45) is 0 Å². The summed E-state index contributed by atoms with van der Waals surface area (Å²) in [6.07, 6.45) is 3.36. The summed E-state index contributed by atoms with van der Waals surface area (Å²) < 4.78 is 29.3. The molecule has 0 N–H and O–H groups in total. The number of nitrogens with zero attached hydrogens (tertiary/aromatic N) is 6. The lowest BCUT2D eigenvalue weighted by Gasteiger charge is -2.43. The SMILES string of the molecule is Cc1nonc1CN1CCN(c2ncccn2)[C@@H]2CS(=O)(=O)C[C@@H]21. The van der Waals surface area contributed by atoms with Crippen LogP contribution in [0.1, 0.15) is 11.4 Å². The van der Waals surface area contributed by atoms with E-state index in [9.17, 15) is 8.42 Å². The van der Waals surface area contributed by atoms with Gasteiger partial charge in [0.15, 0.2) is 9.84 Å². The molecule has 0 spiro atoms. The first-order valence-corrected chi connectivity index (χ1v) is 9.62. The van der Waals surface area contributed by atoms with E-state index in [1.165, 1.54) is 0 Å². The van der Waals surface area contributed by atoms with Crippen LogP contribution in [0.4, 0.5) is 5.95 Å². The number of anilines is 1. The first-order valence-electron chi connectivity index (χ1n) is 7.80. The van der Waals surface area contributed by atoms with Crippen molar-refractivity contribution in [3.05, 3.63) is 29.8 Å². The van der Waals surface area contributed by atoms with Gasteiger partial charge in [-0.05, 0) is 13.0 Å². The van der Waals surface area contributed by atoms with Crippen molar-refractivity contribution in [3.8, 4) is 0 Å². The van der Waals surface area contributed by atoms with Gasteiger partial charge in [-0.1, -0.05) is 10.3 Å². The van der Waals surface area contributed by atoms with Crippen molar-refractivity contribution in [3.63, 3.8) is 0 Å². The fraction of sp³-hybridized carbons (Fsp3) is 0.571. The van der Waals surface area contributed by atoms with E-state index in [0.717, 1.165) is 11.4 Å². The summed E-state index contributed by atoms with van der Waals surface area (Å²) in [5.74, 6) is 0.858. The van der Waals surface area contributed by atoms with Gasteiger partial charge >= 0.3 is 0 Å². The minimum Gasteiger partial charge on any atom is -0.334 e. The molecule has 0 radical (unpaired) electrons. The Morgan fingerprint density at radius 3 is 2.62 bits per heavy atom. The molecular weight excluding hydrogens is 332 g/mol. The number of aryl methyl sites for hydroxylation is 1. The summed E-state index contributed by atoms with van der Waals surface area (Å²) in [5, 5.41) is 7.72. The van der Waals surface area contributed by atoms with Crippen molar-refractivity contribution < 1.29 is 13.0 Å². The largest absolute Gasteiger partial charge is 0.334 e. The molecule has 0 unspecified atom stereocenters. The van der Waals surface area contributed by atoms with Crippen molar-refractivity contribution in [1.82, 2.24) is 25.2 Å². The quantitative estimate of drug-likeness (QED) is 0.734. The normalized spacial score (nSPS) is 26.5. The highest BCUT2D eigenvalue weighted by Crippen LogP contribution is 2.30. The maximum Gasteiger partial charge on any atom is 0.225 e. The third kappa shape index (κ3) is 2.75. The van der Waals surface area contributed by atoms with Crippen LogP contribution in [0, 0.1) is 6.92 Å². The summed E-state index contributed by atoms with van der Waals surface area (Å²) >= 11 is 0. The van der Waals surface area contributed by atoms with E-state index in [1.807, 2.05) is 11.8 Å². The second-order valence-corrected chi connectivity index (χ2v) is 8.37. The number of aromatic nitrogens is 4. The molecule has 4 rings (SSSR count). The Kier molecular flexibility index (Phi) is 3.72.